The molecule has 166 valence electrons. The third-order valence-corrected chi connectivity index (χ3v) is 6.32. The van der Waals surface area contributed by atoms with E-state index in [1.54, 1.807) is 0 Å². The third-order valence-electron chi connectivity index (χ3n) is 6.07. The molecule has 2 N–H and O–H groups in total. The molecule has 4 aromatic rings. The Labute approximate surface area is 198 Å². The van der Waals surface area contributed by atoms with E-state index >= 15 is 0 Å². The van der Waals surface area contributed by atoms with Crippen molar-refractivity contribution in [3.8, 4) is 11.1 Å². The molecule has 0 radical (unpaired) electrons. The maximum absolute atomic E-state index is 12.9. The fourth-order valence-electron chi connectivity index (χ4n) is 4.27. The van der Waals surface area contributed by atoms with Crippen molar-refractivity contribution in [1.29, 1.82) is 0 Å². The van der Waals surface area contributed by atoms with Crippen LogP contribution in [0.15, 0.2) is 72.8 Å². The van der Waals surface area contributed by atoms with Crippen LogP contribution in [0.4, 0.5) is 5.82 Å². The first-order chi connectivity index (χ1) is 16.1. The number of nitrogens with zero attached hydrogens (tertiary/aromatic N) is 2. The Morgan fingerprint density at radius 1 is 1.06 bits per heavy atom. The van der Waals surface area contributed by atoms with E-state index in [2.05, 4.69) is 27.9 Å². The van der Waals surface area contributed by atoms with Crippen LogP contribution >= 0.6 is 11.6 Å². The van der Waals surface area contributed by atoms with Crippen molar-refractivity contribution in [1.82, 2.24) is 15.1 Å². The predicted molar refractivity (Wildman–Crippen MR) is 133 cm³/mol. The predicted octanol–water partition coefficient (Wildman–Crippen LogP) is 5.46. The average Bonchev–Trinajstić information content (AvgIpc) is 3.18. The molecular weight excluding hydrogens is 432 g/mol. The summed E-state index contributed by atoms with van der Waals surface area (Å²) in [5.41, 5.74) is 7.53. The average molecular weight is 457 g/mol. The van der Waals surface area contributed by atoms with Gasteiger partial charge in [0.15, 0.2) is 5.82 Å². The molecule has 1 aliphatic heterocycles. The van der Waals surface area contributed by atoms with Gasteiger partial charge in [-0.15, -0.1) is 0 Å². The lowest BCUT2D eigenvalue weighted by Crippen LogP contribution is -2.24. The van der Waals surface area contributed by atoms with Crippen molar-refractivity contribution in [3.63, 3.8) is 0 Å². The molecule has 0 aliphatic carbocycles. The van der Waals surface area contributed by atoms with Gasteiger partial charge in [0.05, 0.1) is 6.54 Å². The Bertz CT molecular complexity index is 1310. The molecule has 1 aromatic heterocycles. The van der Waals surface area contributed by atoms with E-state index in [4.69, 9.17) is 11.6 Å². The largest absolute Gasteiger partial charge is 0.312 e. The third kappa shape index (κ3) is 4.70. The Balaban J connectivity index is 1.35. The van der Waals surface area contributed by atoms with Gasteiger partial charge in [-0.1, -0.05) is 54.1 Å². The Morgan fingerprint density at radius 3 is 2.73 bits per heavy atom. The summed E-state index contributed by atoms with van der Waals surface area (Å²) in [4.78, 5) is 12.9. The highest BCUT2D eigenvalue weighted by molar-refractivity contribution is 6.30. The molecule has 1 aliphatic rings. The van der Waals surface area contributed by atoms with Crippen molar-refractivity contribution in [3.05, 3.63) is 106 Å². The SMILES string of the molecule is Cc1cc(NC(=O)c2ccc3c(c2)CCNC3)nn1Cc1ccccc1-c1ccc(Cl)cc1. The van der Waals surface area contributed by atoms with Crippen LogP contribution in [-0.4, -0.2) is 22.2 Å². The zero-order chi connectivity index (χ0) is 22.8. The highest BCUT2D eigenvalue weighted by Gasteiger charge is 2.15. The maximum atomic E-state index is 12.9. The number of aromatic nitrogens is 2. The lowest BCUT2D eigenvalue weighted by atomic mass is 9.98. The highest BCUT2D eigenvalue weighted by atomic mass is 35.5. The molecule has 0 saturated carbocycles. The van der Waals surface area contributed by atoms with Gasteiger partial charge in [-0.25, -0.2) is 0 Å². The summed E-state index contributed by atoms with van der Waals surface area (Å²) in [7, 11) is 0. The standard InChI is InChI=1S/C27H25ClN4O/c1-18-14-26(30-27(33)21-6-7-22-16-29-13-12-20(22)15-21)31-32(18)17-23-4-2-3-5-25(23)19-8-10-24(28)11-9-19/h2-11,14-15,29H,12-13,16-17H2,1H3,(H,30,31,33). The van der Waals surface area contributed by atoms with Crippen LogP contribution < -0.4 is 10.6 Å². The van der Waals surface area contributed by atoms with Gasteiger partial charge < -0.3 is 10.6 Å². The van der Waals surface area contributed by atoms with Gasteiger partial charge in [0.1, 0.15) is 0 Å². The molecule has 2 heterocycles. The summed E-state index contributed by atoms with van der Waals surface area (Å²) < 4.78 is 1.92. The molecule has 0 unspecified atom stereocenters. The van der Waals surface area contributed by atoms with E-state index < -0.39 is 0 Å². The molecule has 5 nitrogen and oxygen atoms in total. The van der Waals surface area contributed by atoms with Crippen LogP contribution in [0.5, 0.6) is 0 Å². The second-order valence-electron chi connectivity index (χ2n) is 8.36. The number of fused-ring (bicyclic) bond motifs is 1. The molecule has 1 amide bonds. The van der Waals surface area contributed by atoms with Crippen molar-refractivity contribution in [2.45, 2.75) is 26.4 Å². The van der Waals surface area contributed by atoms with Crippen LogP contribution in [-0.2, 0) is 19.5 Å². The molecule has 5 rings (SSSR count). The zero-order valence-electron chi connectivity index (χ0n) is 18.4. The van der Waals surface area contributed by atoms with Gasteiger partial charge in [0.25, 0.3) is 5.91 Å². The number of nitrogens with one attached hydrogen (secondary N) is 2. The number of carbonyl (C=O) groups excluding carboxylic acids is 1. The van der Waals surface area contributed by atoms with Crippen LogP contribution in [0, 0.1) is 6.92 Å². The van der Waals surface area contributed by atoms with E-state index in [0.717, 1.165) is 46.9 Å². The number of rotatable bonds is 5. The number of halogens is 1. The van der Waals surface area contributed by atoms with E-state index in [1.165, 1.54) is 11.1 Å². The van der Waals surface area contributed by atoms with Gasteiger partial charge in [0, 0.05) is 28.9 Å². The monoisotopic (exact) mass is 456 g/mol. The first kappa shape index (κ1) is 21.4. The van der Waals surface area contributed by atoms with Gasteiger partial charge >= 0.3 is 0 Å². The quantitative estimate of drug-likeness (QED) is 0.419. The Morgan fingerprint density at radius 2 is 1.88 bits per heavy atom. The molecule has 33 heavy (non-hydrogen) atoms. The lowest BCUT2D eigenvalue weighted by molar-refractivity contribution is 0.102. The summed E-state index contributed by atoms with van der Waals surface area (Å²) in [5.74, 6) is 0.420. The van der Waals surface area contributed by atoms with E-state index in [9.17, 15) is 4.79 Å². The minimum Gasteiger partial charge on any atom is -0.312 e. The van der Waals surface area contributed by atoms with E-state index in [0.29, 0.717) is 17.9 Å². The highest BCUT2D eigenvalue weighted by Crippen LogP contribution is 2.26. The number of aryl methyl sites for hydroxylation is 1. The molecule has 6 heteroatoms. The number of hydrogen-bond donors (Lipinski definition) is 2. The van der Waals surface area contributed by atoms with Gasteiger partial charge in [-0.05, 0) is 72.0 Å². The lowest BCUT2D eigenvalue weighted by Gasteiger charge is -2.17. The summed E-state index contributed by atoms with van der Waals surface area (Å²) in [6.07, 6.45) is 0.942. The molecule has 0 spiro atoms. The number of anilines is 1. The van der Waals surface area contributed by atoms with Crippen molar-refractivity contribution in [2.24, 2.45) is 0 Å². The number of carbonyl (C=O) groups is 1. The van der Waals surface area contributed by atoms with Gasteiger partial charge in [-0.3, -0.25) is 9.48 Å². The number of amides is 1. The first-order valence-corrected chi connectivity index (χ1v) is 11.5. The summed E-state index contributed by atoms with van der Waals surface area (Å²) in [6.45, 7) is 4.41. The molecular formula is C27H25ClN4O. The summed E-state index contributed by atoms with van der Waals surface area (Å²) >= 11 is 6.06. The van der Waals surface area contributed by atoms with Gasteiger partial charge in [-0.2, -0.15) is 5.10 Å². The Hall–Kier alpha value is -3.41. The first-order valence-electron chi connectivity index (χ1n) is 11.1. The van der Waals surface area contributed by atoms with Crippen LogP contribution in [0.1, 0.15) is 32.7 Å². The van der Waals surface area contributed by atoms with Crippen LogP contribution in [0.2, 0.25) is 5.02 Å². The minimum absolute atomic E-state index is 0.137. The van der Waals surface area contributed by atoms with E-state index in [-0.39, 0.29) is 5.91 Å². The van der Waals surface area contributed by atoms with Crippen LogP contribution in [0.25, 0.3) is 11.1 Å². The molecule has 0 atom stereocenters. The molecule has 0 bridgehead atoms. The topological polar surface area (TPSA) is 59.0 Å². The van der Waals surface area contributed by atoms with E-state index in [1.807, 2.05) is 72.3 Å². The molecule has 0 saturated heterocycles. The summed E-state index contributed by atoms with van der Waals surface area (Å²) in [5, 5.41) is 11.7. The Kier molecular flexibility index (Phi) is 5.99. The van der Waals surface area contributed by atoms with Crippen molar-refractivity contribution < 1.29 is 4.79 Å². The van der Waals surface area contributed by atoms with Crippen LogP contribution in [0.3, 0.4) is 0 Å². The number of benzene rings is 3. The second kappa shape index (κ2) is 9.22. The molecule has 3 aromatic carbocycles. The maximum Gasteiger partial charge on any atom is 0.256 e. The molecule has 0 fully saturated rings. The zero-order valence-corrected chi connectivity index (χ0v) is 19.2. The normalized spacial score (nSPS) is 12.9. The second-order valence-corrected chi connectivity index (χ2v) is 8.79. The van der Waals surface area contributed by atoms with Crippen molar-refractivity contribution >= 4 is 23.3 Å². The summed E-state index contributed by atoms with van der Waals surface area (Å²) in [6, 6.07) is 23.9. The number of hydrogen-bond acceptors (Lipinski definition) is 3. The van der Waals surface area contributed by atoms with Crippen molar-refractivity contribution in [2.75, 3.05) is 11.9 Å². The smallest absolute Gasteiger partial charge is 0.256 e. The fourth-order valence-corrected chi connectivity index (χ4v) is 4.39. The van der Waals surface area contributed by atoms with Gasteiger partial charge in [0.2, 0.25) is 0 Å². The fraction of sp³-hybridized carbons (Fsp3) is 0.185. The minimum atomic E-state index is -0.137.